The molecule has 0 aliphatic rings. The Balaban J connectivity index is 2.07. The first kappa shape index (κ1) is 18.9. The smallest absolute Gasteiger partial charge is 0.328 e. The molecule has 148 valence electrons. The number of rotatable bonds is 4. The van der Waals surface area contributed by atoms with E-state index in [0.717, 1.165) is 29.4 Å². The van der Waals surface area contributed by atoms with Crippen molar-refractivity contribution in [2.75, 3.05) is 13.6 Å². The van der Waals surface area contributed by atoms with Crippen LogP contribution >= 0.6 is 0 Å². The van der Waals surface area contributed by atoms with E-state index in [4.69, 9.17) is 5.73 Å². The number of para-hydroxylation sites is 2. The number of aryl methyl sites for hydroxylation is 2. The van der Waals surface area contributed by atoms with E-state index >= 15 is 0 Å². The molecule has 0 saturated heterocycles. The van der Waals surface area contributed by atoms with Gasteiger partial charge in [-0.2, -0.15) is 0 Å². The highest BCUT2D eigenvalue weighted by molar-refractivity contribution is 5.97. The fourth-order valence-electron chi connectivity index (χ4n) is 3.76. The Kier molecular flexibility index (Phi) is 4.90. The van der Waals surface area contributed by atoms with Gasteiger partial charge in [-0.15, -0.1) is 0 Å². The van der Waals surface area contributed by atoms with E-state index in [1.165, 1.54) is 11.6 Å². The summed E-state index contributed by atoms with van der Waals surface area (Å²) in [6.07, 6.45) is 2.75. The molecule has 4 aromatic rings. The number of nitrogens with zero attached hydrogens (tertiary/aromatic N) is 3. The van der Waals surface area contributed by atoms with Gasteiger partial charge in [0.25, 0.3) is 5.56 Å². The van der Waals surface area contributed by atoms with Crippen molar-refractivity contribution in [2.24, 2.45) is 5.73 Å². The van der Waals surface area contributed by atoms with Crippen LogP contribution in [0.25, 0.3) is 33.2 Å². The van der Waals surface area contributed by atoms with Crippen LogP contribution in [0.4, 0.5) is 4.79 Å². The number of hydrogen-bond acceptors (Lipinski definition) is 4. The van der Waals surface area contributed by atoms with E-state index in [0.29, 0.717) is 23.1 Å². The quantitative estimate of drug-likeness (QED) is 0.561. The van der Waals surface area contributed by atoms with E-state index in [1.807, 2.05) is 55.6 Å². The fourth-order valence-corrected chi connectivity index (χ4v) is 3.76. The van der Waals surface area contributed by atoms with Gasteiger partial charge in [0, 0.05) is 36.3 Å². The van der Waals surface area contributed by atoms with Crippen molar-refractivity contribution in [2.45, 2.75) is 19.9 Å². The number of carbonyl (C=O) groups is 1. The van der Waals surface area contributed by atoms with Crippen molar-refractivity contribution in [3.05, 3.63) is 64.6 Å². The van der Waals surface area contributed by atoms with Gasteiger partial charge in [0.2, 0.25) is 0 Å². The summed E-state index contributed by atoms with van der Waals surface area (Å²) in [4.78, 5) is 30.7. The van der Waals surface area contributed by atoms with Crippen molar-refractivity contribution in [1.29, 1.82) is 0 Å². The number of carbonyl (C=O) groups excluding carboxylic acids is 1. The minimum atomic E-state index is -0.482. The summed E-state index contributed by atoms with van der Waals surface area (Å²) in [6, 6.07) is 12.9. The van der Waals surface area contributed by atoms with Crippen LogP contribution in [0.5, 0.6) is 0 Å². The Morgan fingerprint density at radius 1 is 1.17 bits per heavy atom. The van der Waals surface area contributed by atoms with Crippen molar-refractivity contribution < 1.29 is 4.79 Å². The van der Waals surface area contributed by atoms with Gasteiger partial charge in [-0.1, -0.05) is 30.3 Å². The SMILES string of the molecule is CNC(=O)n1c(=O)c(-c2cn(CCCN)c3ccccc23)nc2cccc(C)c21. The second kappa shape index (κ2) is 7.52. The Labute approximate surface area is 167 Å². The van der Waals surface area contributed by atoms with Crippen molar-refractivity contribution in [3.63, 3.8) is 0 Å². The van der Waals surface area contributed by atoms with Gasteiger partial charge in [0.15, 0.2) is 0 Å². The Morgan fingerprint density at radius 3 is 2.72 bits per heavy atom. The van der Waals surface area contributed by atoms with Gasteiger partial charge in [-0.3, -0.25) is 4.79 Å². The molecule has 0 bridgehead atoms. The molecule has 2 aromatic carbocycles. The third-order valence-corrected chi connectivity index (χ3v) is 5.14. The van der Waals surface area contributed by atoms with Crippen LogP contribution in [0.1, 0.15) is 12.0 Å². The Bertz CT molecular complexity index is 1290. The van der Waals surface area contributed by atoms with Gasteiger partial charge >= 0.3 is 6.03 Å². The van der Waals surface area contributed by atoms with E-state index in [2.05, 4.69) is 14.9 Å². The first-order chi connectivity index (χ1) is 14.1. The molecule has 2 heterocycles. The number of nitrogens with one attached hydrogen (secondary N) is 1. The second-order valence-electron chi connectivity index (χ2n) is 6.99. The molecule has 2 aromatic heterocycles. The molecule has 0 radical (unpaired) electrons. The third kappa shape index (κ3) is 3.09. The van der Waals surface area contributed by atoms with Gasteiger partial charge < -0.3 is 15.6 Å². The summed E-state index contributed by atoms with van der Waals surface area (Å²) in [5.74, 6) is 0. The zero-order valence-electron chi connectivity index (χ0n) is 16.5. The molecule has 7 nitrogen and oxygen atoms in total. The molecule has 4 rings (SSSR count). The molecule has 0 aliphatic heterocycles. The standard InChI is InChI=1S/C22H23N5O2/c1-14-7-5-9-17-20(14)27(22(29)24-2)21(28)19(25-17)16-13-26(12-6-11-23)18-10-4-3-8-15(16)18/h3-5,7-10,13H,6,11-12,23H2,1-2H3,(H,24,29). The second-order valence-corrected chi connectivity index (χ2v) is 6.99. The predicted molar refractivity (Wildman–Crippen MR) is 115 cm³/mol. The third-order valence-electron chi connectivity index (χ3n) is 5.14. The summed E-state index contributed by atoms with van der Waals surface area (Å²) >= 11 is 0. The van der Waals surface area contributed by atoms with Crippen LogP contribution in [-0.4, -0.2) is 33.7 Å². The molecule has 0 aliphatic carbocycles. The van der Waals surface area contributed by atoms with Crippen LogP contribution in [0.3, 0.4) is 0 Å². The first-order valence-corrected chi connectivity index (χ1v) is 9.59. The molecule has 0 unspecified atom stereocenters. The molecule has 0 spiro atoms. The maximum Gasteiger partial charge on any atom is 0.328 e. The fraction of sp³-hybridized carbons (Fsp3) is 0.227. The summed E-state index contributed by atoms with van der Waals surface area (Å²) in [6.45, 7) is 3.19. The topological polar surface area (TPSA) is 94.9 Å². The van der Waals surface area contributed by atoms with Gasteiger partial charge in [-0.25, -0.2) is 14.3 Å². The zero-order valence-corrected chi connectivity index (χ0v) is 16.5. The highest BCUT2D eigenvalue weighted by Gasteiger charge is 2.21. The molecule has 29 heavy (non-hydrogen) atoms. The van der Waals surface area contributed by atoms with Gasteiger partial charge in [-0.05, 0) is 37.6 Å². The molecule has 3 N–H and O–H groups in total. The minimum Gasteiger partial charge on any atom is -0.347 e. The van der Waals surface area contributed by atoms with Crippen LogP contribution in [-0.2, 0) is 6.54 Å². The number of amides is 1. The van der Waals surface area contributed by atoms with Crippen LogP contribution < -0.4 is 16.6 Å². The van der Waals surface area contributed by atoms with Gasteiger partial charge in [0.05, 0.1) is 11.0 Å². The molecule has 0 atom stereocenters. The summed E-state index contributed by atoms with van der Waals surface area (Å²) < 4.78 is 3.27. The number of fused-ring (bicyclic) bond motifs is 2. The molecule has 0 saturated carbocycles. The zero-order chi connectivity index (χ0) is 20.5. The average molecular weight is 389 g/mol. The van der Waals surface area contributed by atoms with Crippen LogP contribution in [0, 0.1) is 6.92 Å². The molecule has 7 heteroatoms. The number of benzene rings is 2. The van der Waals surface area contributed by atoms with Crippen molar-refractivity contribution >= 4 is 28.0 Å². The maximum absolute atomic E-state index is 13.4. The van der Waals surface area contributed by atoms with Gasteiger partial charge in [0.1, 0.15) is 5.69 Å². The highest BCUT2D eigenvalue weighted by atomic mass is 16.2. The number of aromatic nitrogens is 3. The molecular formula is C22H23N5O2. The lowest BCUT2D eigenvalue weighted by Gasteiger charge is -2.12. The highest BCUT2D eigenvalue weighted by Crippen LogP contribution is 2.29. The molecular weight excluding hydrogens is 366 g/mol. The number of hydrogen-bond donors (Lipinski definition) is 2. The lowest BCUT2D eigenvalue weighted by Crippen LogP contribution is -2.36. The van der Waals surface area contributed by atoms with Crippen LogP contribution in [0.15, 0.2) is 53.5 Å². The predicted octanol–water partition coefficient (Wildman–Crippen LogP) is 2.86. The summed E-state index contributed by atoms with van der Waals surface area (Å²) in [7, 11) is 1.51. The van der Waals surface area contributed by atoms with Crippen molar-refractivity contribution in [3.8, 4) is 11.3 Å². The van der Waals surface area contributed by atoms with Crippen LogP contribution in [0.2, 0.25) is 0 Å². The molecule has 0 fully saturated rings. The maximum atomic E-state index is 13.4. The monoisotopic (exact) mass is 389 g/mol. The lowest BCUT2D eigenvalue weighted by molar-refractivity contribution is 0.244. The van der Waals surface area contributed by atoms with E-state index in [9.17, 15) is 9.59 Å². The minimum absolute atomic E-state index is 0.259. The van der Waals surface area contributed by atoms with Crippen molar-refractivity contribution in [1.82, 2.24) is 19.4 Å². The average Bonchev–Trinajstić information content (AvgIpc) is 3.10. The summed E-state index contributed by atoms with van der Waals surface area (Å²) in [5.41, 5.74) is 9.16. The van der Waals surface area contributed by atoms with E-state index in [1.54, 1.807) is 0 Å². The Hall–Kier alpha value is -3.45. The Morgan fingerprint density at radius 2 is 1.97 bits per heavy atom. The van der Waals surface area contributed by atoms with E-state index in [-0.39, 0.29) is 5.69 Å². The first-order valence-electron chi connectivity index (χ1n) is 9.59. The lowest BCUT2D eigenvalue weighted by atomic mass is 10.1. The largest absolute Gasteiger partial charge is 0.347 e. The number of nitrogens with two attached hydrogens (primary N) is 1. The summed E-state index contributed by atoms with van der Waals surface area (Å²) in [5, 5.41) is 3.49. The van der Waals surface area contributed by atoms with E-state index < -0.39 is 11.6 Å². The normalized spacial score (nSPS) is 11.3. The molecule has 1 amide bonds.